The SMILES string of the molecule is O=C(Cn1cnc2ccc(Br)cc2c1=O)NCCC(=O)N1CCN(c2ccccc2)CC1. The first-order valence-corrected chi connectivity index (χ1v) is 11.3. The molecule has 1 fully saturated rings. The lowest BCUT2D eigenvalue weighted by molar-refractivity contribution is -0.131. The maximum absolute atomic E-state index is 12.6. The van der Waals surface area contributed by atoms with E-state index < -0.39 is 0 Å². The van der Waals surface area contributed by atoms with E-state index in [-0.39, 0.29) is 36.9 Å². The molecular weight excluding hydrogens is 474 g/mol. The van der Waals surface area contributed by atoms with Crippen molar-refractivity contribution in [1.82, 2.24) is 19.8 Å². The molecule has 3 aromatic rings. The van der Waals surface area contributed by atoms with Gasteiger partial charge in [0.15, 0.2) is 0 Å². The van der Waals surface area contributed by atoms with Crippen LogP contribution in [0.25, 0.3) is 10.9 Å². The van der Waals surface area contributed by atoms with Gasteiger partial charge in [0.25, 0.3) is 5.56 Å². The molecular formula is C23H24BrN5O3. The number of nitrogens with zero attached hydrogens (tertiary/aromatic N) is 4. The smallest absolute Gasteiger partial charge is 0.261 e. The second kappa shape index (κ2) is 9.95. The molecule has 9 heteroatoms. The first-order chi connectivity index (χ1) is 15.5. The molecule has 2 heterocycles. The van der Waals surface area contributed by atoms with Crippen molar-refractivity contribution < 1.29 is 9.59 Å². The van der Waals surface area contributed by atoms with E-state index in [0.717, 1.165) is 23.2 Å². The summed E-state index contributed by atoms with van der Waals surface area (Å²) in [6, 6.07) is 15.4. The second-order valence-corrected chi connectivity index (χ2v) is 8.56. The number of para-hydroxylation sites is 1. The Balaban J connectivity index is 1.24. The fraction of sp³-hybridized carbons (Fsp3) is 0.304. The van der Waals surface area contributed by atoms with Crippen LogP contribution in [0.2, 0.25) is 0 Å². The number of carbonyl (C=O) groups is 2. The Kier molecular flexibility index (Phi) is 6.84. The molecule has 1 aliphatic rings. The number of amides is 2. The summed E-state index contributed by atoms with van der Waals surface area (Å²) >= 11 is 3.34. The largest absolute Gasteiger partial charge is 0.368 e. The third-order valence-electron chi connectivity index (χ3n) is 5.51. The highest BCUT2D eigenvalue weighted by Gasteiger charge is 2.21. The Morgan fingerprint density at radius 1 is 1.03 bits per heavy atom. The minimum absolute atomic E-state index is 0.0207. The van der Waals surface area contributed by atoms with Crippen molar-refractivity contribution >= 4 is 44.3 Å². The van der Waals surface area contributed by atoms with Crippen LogP contribution in [0.1, 0.15) is 6.42 Å². The van der Waals surface area contributed by atoms with Crippen molar-refractivity contribution in [2.24, 2.45) is 0 Å². The van der Waals surface area contributed by atoms with Crippen LogP contribution < -0.4 is 15.8 Å². The first kappa shape index (κ1) is 22.0. The molecule has 1 aliphatic heterocycles. The second-order valence-electron chi connectivity index (χ2n) is 7.64. The zero-order valence-corrected chi connectivity index (χ0v) is 19.1. The molecule has 0 bridgehead atoms. The van der Waals surface area contributed by atoms with E-state index in [4.69, 9.17) is 0 Å². The van der Waals surface area contributed by atoms with Crippen molar-refractivity contribution in [3.8, 4) is 0 Å². The van der Waals surface area contributed by atoms with Gasteiger partial charge < -0.3 is 15.1 Å². The summed E-state index contributed by atoms with van der Waals surface area (Å²) in [7, 11) is 0. The normalized spacial score (nSPS) is 13.9. The average molecular weight is 498 g/mol. The van der Waals surface area contributed by atoms with Crippen molar-refractivity contribution in [2.45, 2.75) is 13.0 Å². The summed E-state index contributed by atoms with van der Waals surface area (Å²) in [5.41, 5.74) is 1.46. The van der Waals surface area contributed by atoms with Crippen LogP contribution in [0, 0.1) is 0 Å². The van der Waals surface area contributed by atoms with Crippen LogP contribution >= 0.6 is 15.9 Å². The Morgan fingerprint density at radius 3 is 2.53 bits per heavy atom. The number of nitrogens with one attached hydrogen (secondary N) is 1. The van der Waals surface area contributed by atoms with E-state index >= 15 is 0 Å². The highest BCUT2D eigenvalue weighted by atomic mass is 79.9. The number of hydrogen-bond acceptors (Lipinski definition) is 5. The Hall–Kier alpha value is -3.20. The van der Waals surface area contributed by atoms with E-state index in [1.165, 1.54) is 10.9 Å². The number of halogens is 1. The molecule has 32 heavy (non-hydrogen) atoms. The average Bonchev–Trinajstić information content (AvgIpc) is 2.82. The lowest BCUT2D eigenvalue weighted by Crippen LogP contribution is -2.49. The van der Waals surface area contributed by atoms with Gasteiger partial charge in [-0.05, 0) is 30.3 Å². The van der Waals surface area contributed by atoms with Crippen LogP contribution in [-0.4, -0.2) is 59.0 Å². The number of carbonyl (C=O) groups excluding carboxylic acids is 2. The minimum Gasteiger partial charge on any atom is -0.368 e. The molecule has 0 saturated carbocycles. The third kappa shape index (κ3) is 5.16. The molecule has 1 aromatic heterocycles. The maximum Gasteiger partial charge on any atom is 0.261 e. The first-order valence-electron chi connectivity index (χ1n) is 10.5. The molecule has 8 nitrogen and oxygen atoms in total. The van der Waals surface area contributed by atoms with E-state index in [1.807, 2.05) is 29.2 Å². The van der Waals surface area contributed by atoms with Crippen LogP contribution in [0.4, 0.5) is 5.69 Å². The van der Waals surface area contributed by atoms with E-state index in [0.29, 0.717) is 24.0 Å². The standard InChI is InChI=1S/C23H24BrN5O3/c24-17-6-7-20-19(14-17)23(32)29(16-26-20)15-21(30)25-9-8-22(31)28-12-10-27(11-13-28)18-4-2-1-3-5-18/h1-7,14,16H,8-13,15H2,(H,25,30). The topological polar surface area (TPSA) is 87.5 Å². The molecule has 0 atom stereocenters. The summed E-state index contributed by atoms with van der Waals surface area (Å²) in [4.78, 5) is 45.7. The summed E-state index contributed by atoms with van der Waals surface area (Å²) in [6.45, 7) is 2.99. The molecule has 2 aromatic carbocycles. The molecule has 166 valence electrons. The summed E-state index contributed by atoms with van der Waals surface area (Å²) in [5, 5.41) is 3.17. The number of anilines is 1. The van der Waals surface area contributed by atoms with Gasteiger partial charge in [-0.1, -0.05) is 34.1 Å². The highest BCUT2D eigenvalue weighted by molar-refractivity contribution is 9.10. The van der Waals surface area contributed by atoms with Crippen molar-refractivity contribution in [2.75, 3.05) is 37.6 Å². The van der Waals surface area contributed by atoms with Crippen LogP contribution in [0.3, 0.4) is 0 Å². The summed E-state index contributed by atoms with van der Waals surface area (Å²) in [6.07, 6.45) is 1.60. The van der Waals surface area contributed by atoms with Crippen LogP contribution in [0.5, 0.6) is 0 Å². The van der Waals surface area contributed by atoms with Gasteiger partial charge in [0.05, 0.1) is 17.2 Å². The monoisotopic (exact) mass is 497 g/mol. The maximum atomic E-state index is 12.6. The number of rotatable bonds is 6. The van der Waals surface area contributed by atoms with Gasteiger partial charge in [0.1, 0.15) is 6.54 Å². The molecule has 0 unspecified atom stereocenters. The van der Waals surface area contributed by atoms with Gasteiger partial charge >= 0.3 is 0 Å². The lowest BCUT2D eigenvalue weighted by Gasteiger charge is -2.36. The molecule has 4 rings (SSSR count). The number of aromatic nitrogens is 2. The number of piperazine rings is 1. The summed E-state index contributed by atoms with van der Waals surface area (Å²) < 4.78 is 2.04. The number of fused-ring (bicyclic) bond motifs is 1. The van der Waals surface area contributed by atoms with Crippen molar-refractivity contribution in [3.05, 3.63) is 69.7 Å². The van der Waals surface area contributed by atoms with Gasteiger partial charge in [-0.3, -0.25) is 19.0 Å². The van der Waals surface area contributed by atoms with E-state index in [1.54, 1.807) is 12.1 Å². The Bertz CT molecular complexity index is 1170. The van der Waals surface area contributed by atoms with Crippen molar-refractivity contribution in [1.29, 1.82) is 0 Å². The quantitative estimate of drug-likeness (QED) is 0.562. The minimum atomic E-state index is -0.329. The van der Waals surface area contributed by atoms with Crippen LogP contribution in [0.15, 0.2) is 64.1 Å². The molecule has 1 N–H and O–H groups in total. The highest BCUT2D eigenvalue weighted by Crippen LogP contribution is 2.16. The van der Waals surface area contributed by atoms with Gasteiger partial charge in [0, 0.05) is 49.3 Å². The fourth-order valence-electron chi connectivity index (χ4n) is 3.77. The molecule has 0 spiro atoms. The molecule has 0 aliphatic carbocycles. The lowest BCUT2D eigenvalue weighted by atomic mass is 10.2. The molecule has 0 radical (unpaired) electrons. The van der Waals surface area contributed by atoms with Gasteiger partial charge in [-0.2, -0.15) is 0 Å². The fourth-order valence-corrected chi connectivity index (χ4v) is 4.14. The third-order valence-corrected chi connectivity index (χ3v) is 6.01. The predicted molar refractivity (Wildman–Crippen MR) is 127 cm³/mol. The zero-order chi connectivity index (χ0) is 22.5. The zero-order valence-electron chi connectivity index (χ0n) is 17.5. The number of benzene rings is 2. The van der Waals surface area contributed by atoms with Gasteiger partial charge in [-0.15, -0.1) is 0 Å². The van der Waals surface area contributed by atoms with E-state index in [2.05, 4.69) is 43.3 Å². The van der Waals surface area contributed by atoms with Crippen LogP contribution in [-0.2, 0) is 16.1 Å². The van der Waals surface area contributed by atoms with E-state index in [9.17, 15) is 14.4 Å². The number of hydrogen-bond donors (Lipinski definition) is 1. The Labute approximate surface area is 194 Å². The Morgan fingerprint density at radius 2 is 1.78 bits per heavy atom. The molecule has 2 amide bonds. The van der Waals surface area contributed by atoms with Gasteiger partial charge in [0.2, 0.25) is 11.8 Å². The summed E-state index contributed by atoms with van der Waals surface area (Å²) in [5.74, 6) is -0.308. The molecule has 1 saturated heterocycles. The van der Waals surface area contributed by atoms with Gasteiger partial charge in [-0.25, -0.2) is 4.98 Å². The van der Waals surface area contributed by atoms with Crippen molar-refractivity contribution in [3.63, 3.8) is 0 Å². The predicted octanol–water partition coefficient (Wildman–Crippen LogP) is 2.01.